The third kappa shape index (κ3) is 1.61. The van der Waals surface area contributed by atoms with E-state index in [2.05, 4.69) is 44.1 Å². The normalized spacial score (nSPS) is 17.2. The summed E-state index contributed by atoms with van der Waals surface area (Å²) in [7, 11) is 0. The minimum atomic E-state index is 0.661. The smallest absolute Gasteiger partial charge is 0.0393 e. The van der Waals surface area contributed by atoms with E-state index in [4.69, 9.17) is 0 Å². The summed E-state index contributed by atoms with van der Waals surface area (Å²) in [6, 6.07) is 0.661. The number of hydrogen-bond acceptors (Lipinski definition) is 1. The zero-order valence-corrected chi connectivity index (χ0v) is 10.6. The predicted octanol–water partition coefficient (Wildman–Crippen LogP) is 2.64. The Hall–Kier alpha value is -0.760. The van der Waals surface area contributed by atoms with Gasteiger partial charge in [-0.15, -0.1) is 0 Å². The zero-order valence-electron chi connectivity index (χ0n) is 10.6. The molecule has 0 radical (unpaired) electrons. The van der Waals surface area contributed by atoms with Crippen molar-refractivity contribution in [1.82, 2.24) is 9.47 Å². The van der Waals surface area contributed by atoms with Gasteiger partial charge < -0.3 is 4.57 Å². The number of aromatic nitrogens is 1. The molecule has 0 atom stereocenters. The summed E-state index contributed by atoms with van der Waals surface area (Å²) in [5.74, 6) is 0. The molecular formula is C13H22N2. The maximum Gasteiger partial charge on any atom is 0.0393 e. The molecule has 0 bridgehead atoms. The van der Waals surface area contributed by atoms with Crippen LogP contribution in [0.15, 0.2) is 0 Å². The molecule has 15 heavy (non-hydrogen) atoms. The van der Waals surface area contributed by atoms with Crippen LogP contribution in [-0.2, 0) is 13.1 Å². The fraction of sp³-hybridized carbons (Fsp3) is 0.692. The summed E-state index contributed by atoms with van der Waals surface area (Å²) in [6.07, 6.45) is 0. The summed E-state index contributed by atoms with van der Waals surface area (Å²) in [5.41, 5.74) is 5.98. The van der Waals surface area contributed by atoms with Crippen molar-refractivity contribution in [2.24, 2.45) is 0 Å². The van der Waals surface area contributed by atoms with Crippen LogP contribution in [0.25, 0.3) is 0 Å². The highest BCUT2D eigenvalue weighted by atomic mass is 15.2. The van der Waals surface area contributed by atoms with Gasteiger partial charge in [0, 0.05) is 37.1 Å². The van der Waals surface area contributed by atoms with Crippen molar-refractivity contribution in [3.05, 3.63) is 22.5 Å². The lowest BCUT2D eigenvalue weighted by Gasteiger charge is -2.32. The van der Waals surface area contributed by atoms with Crippen molar-refractivity contribution in [1.29, 1.82) is 0 Å². The quantitative estimate of drug-likeness (QED) is 0.686. The van der Waals surface area contributed by atoms with E-state index in [1.54, 1.807) is 0 Å². The van der Waals surface area contributed by atoms with Crippen LogP contribution in [0.5, 0.6) is 0 Å². The lowest BCUT2D eigenvalue weighted by Crippen LogP contribution is -2.38. The highest BCUT2D eigenvalue weighted by molar-refractivity contribution is 5.36. The van der Waals surface area contributed by atoms with Crippen molar-refractivity contribution < 1.29 is 0 Å². The van der Waals surface area contributed by atoms with Gasteiger partial charge in [0.15, 0.2) is 0 Å². The lowest BCUT2D eigenvalue weighted by molar-refractivity contribution is 0.175. The highest BCUT2D eigenvalue weighted by Crippen LogP contribution is 2.26. The van der Waals surface area contributed by atoms with Crippen molar-refractivity contribution in [2.45, 2.75) is 53.8 Å². The lowest BCUT2D eigenvalue weighted by atomic mass is 10.1. The van der Waals surface area contributed by atoms with Gasteiger partial charge >= 0.3 is 0 Å². The van der Waals surface area contributed by atoms with Crippen LogP contribution in [0, 0.1) is 20.8 Å². The molecule has 84 valence electrons. The Kier molecular flexibility index (Phi) is 2.63. The predicted molar refractivity (Wildman–Crippen MR) is 64.2 cm³/mol. The molecule has 0 fully saturated rings. The molecule has 1 aliphatic rings. The van der Waals surface area contributed by atoms with Gasteiger partial charge in [-0.05, 0) is 45.7 Å². The fourth-order valence-corrected chi connectivity index (χ4v) is 2.54. The van der Waals surface area contributed by atoms with Crippen LogP contribution >= 0.6 is 0 Å². The Morgan fingerprint density at radius 3 is 2.27 bits per heavy atom. The first-order valence-electron chi connectivity index (χ1n) is 5.91. The molecular weight excluding hydrogens is 184 g/mol. The molecule has 2 heterocycles. The van der Waals surface area contributed by atoms with Gasteiger partial charge in [-0.25, -0.2) is 0 Å². The summed E-state index contributed by atoms with van der Waals surface area (Å²) >= 11 is 0. The van der Waals surface area contributed by atoms with E-state index in [9.17, 15) is 0 Å². The molecule has 0 amide bonds. The molecule has 2 nitrogen and oxygen atoms in total. The maximum absolute atomic E-state index is 2.56. The van der Waals surface area contributed by atoms with Crippen LogP contribution in [0.4, 0.5) is 0 Å². The summed E-state index contributed by atoms with van der Waals surface area (Å²) in [6.45, 7) is 14.8. The van der Waals surface area contributed by atoms with E-state index in [0.717, 1.165) is 13.1 Å². The number of fused-ring (bicyclic) bond motifs is 1. The fourth-order valence-electron chi connectivity index (χ4n) is 2.54. The van der Waals surface area contributed by atoms with E-state index >= 15 is 0 Å². The van der Waals surface area contributed by atoms with Crippen LogP contribution < -0.4 is 0 Å². The standard InChI is InChI=1S/C13H22N2/c1-9(2)14-6-7-15-12(5)10(3)11(4)13(15)8-14/h9H,6-8H2,1-5H3. The van der Waals surface area contributed by atoms with Crippen molar-refractivity contribution in [3.63, 3.8) is 0 Å². The molecule has 0 unspecified atom stereocenters. The molecule has 1 aromatic rings. The minimum Gasteiger partial charge on any atom is -0.346 e. The van der Waals surface area contributed by atoms with Crippen molar-refractivity contribution in [2.75, 3.05) is 6.54 Å². The summed E-state index contributed by atoms with van der Waals surface area (Å²) in [4.78, 5) is 2.56. The number of nitrogens with zero attached hydrogens (tertiary/aromatic N) is 2. The van der Waals surface area contributed by atoms with E-state index in [1.807, 2.05) is 0 Å². The molecule has 0 spiro atoms. The molecule has 0 aliphatic carbocycles. The summed E-state index contributed by atoms with van der Waals surface area (Å²) in [5, 5.41) is 0. The second kappa shape index (κ2) is 3.67. The molecule has 1 aliphatic heterocycles. The Labute approximate surface area is 92.9 Å². The van der Waals surface area contributed by atoms with Crippen LogP contribution in [0.1, 0.15) is 36.4 Å². The van der Waals surface area contributed by atoms with Gasteiger partial charge in [0.2, 0.25) is 0 Å². The molecule has 2 rings (SSSR count). The SMILES string of the molecule is Cc1c(C)c2n(c1C)CCN(C(C)C)C2. The second-order valence-corrected chi connectivity index (χ2v) is 5.00. The second-order valence-electron chi connectivity index (χ2n) is 5.00. The summed E-state index contributed by atoms with van der Waals surface area (Å²) < 4.78 is 2.50. The molecule has 1 aromatic heterocycles. The Bertz CT molecular complexity index is 374. The van der Waals surface area contributed by atoms with E-state index in [-0.39, 0.29) is 0 Å². The van der Waals surface area contributed by atoms with E-state index < -0.39 is 0 Å². The molecule has 0 saturated carbocycles. The first-order valence-corrected chi connectivity index (χ1v) is 5.91. The topological polar surface area (TPSA) is 8.17 Å². The van der Waals surface area contributed by atoms with Gasteiger partial charge in [0.25, 0.3) is 0 Å². The average Bonchev–Trinajstić information content (AvgIpc) is 2.44. The molecule has 0 saturated heterocycles. The zero-order chi connectivity index (χ0) is 11.2. The van der Waals surface area contributed by atoms with Gasteiger partial charge in [-0.2, -0.15) is 0 Å². The first kappa shape index (κ1) is 10.7. The minimum absolute atomic E-state index is 0.661. The monoisotopic (exact) mass is 206 g/mol. The highest BCUT2D eigenvalue weighted by Gasteiger charge is 2.22. The Morgan fingerprint density at radius 1 is 1.00 bits per heavy atom. The Morgan fingerprint density at radius 2 is 1.67 bits per heavy atom. The maximum atomic E-state index is 2.56. The van der Waals surface area contributed by atoms with E-state index in [1.165, 1.54) is 29.1 Å². The van der Waals surface area contributed by atoms with Crippen LogP contribution in [-0.4, -0.2) is 22.1 Å². The molecule has 0 aromatic carbocycles. The number of hydrogen-bond donors (Lipinski definition) is 0. The van der Waals surface area contributed by atoms with Gasteiger partial charge in [0.05, 0.1) is 0 Å². The average molecular weight is 206 g/mol. The van der Waals surface area contributed by atoms with Crippen LogP contribution in [0.2, 0.25) is 0 Å². The largest absolute Gasteiger partial charge is 0.346 e. The first-order chi connectivity index (χ1) is 7.02. The van der Waals surface area contributed by atoms with Gasteiger partial charge in [-0.1, -0.05) is 0 Å². The Balaban J connectivity index is 2.38. The van der Waals surface area contributed by atoms with Crippen molar-refractivity contribution >= 4 is 0 Å². The molecule has 2 heteroatoms. The third-order valence-electron chi connectivity index (χ3n) is 3.96. The van der Waals surface area contributed by atoms with E-state index in [0.29, 0.717) is 6.04 Å². The number of rotatable bonds is 1. The van der Waals surface area contributed by atoms with Crippen LogP contribution in [0.3, 0.4) is 0 Å². The van der Waals surface area contributed by atoms with Crippen molar-refractivity contribution in [3.8, 4) is 0 Å². The van der Waals surface area contributed by atoms with Gasteiger partial charge in [0.1, 0.15) is 0 Å². The molecule has 0 N–H and O–H groups in total. The third-order valence-corrected chi connectivity index (χ3v) is 3.96. The van der Waals surface area contributed by atoms with Gasteiger partial charge in [-0.3, -0.25) is 4.90 Å².